The summed E-state index contributed by atoms with van der Waals surface area (Å²) in [6.45, 7) is 4.31. The molecule has 2 heterocycles. The van der Waals surface area contributed by atoms with Crippen molar-refractivity contribution in [3.8, 4) is 5.88 Å². The normalized spacial score (nSPS) is 20.4. The van der Waals surface area contributed by atoms with Crippen LogP contribution < -0.4 is 15.2 Å². The Labute approximate surface area is 170 Å². The fourth-order valence-corrected chi connectivity index (χ4v) is 5.65. The molecular formula is C20H25N5O3S. The zero-order valence-electron chi connectivity index (χ0n) is 16.7. The summed E-state index contributed by atoms with van der Waals surface area (Å²) in [5.74, 6) is 0.320. The molecule has 8 nitrogen and oxygen atoms in total. The molecule has 0 spiro atoms. The molecule has 3 N–H and O–H groups in total. The van der Waals surface area contributed by atoms with Crippen LogP contribution in [0.2, 0.25) is 0 Å². The van der Waals surface area contributed by atoms with Crippen LogP contribution in [0.25, 0.3) is 0 Å². The van der Waals surface area contributed by atoms with Crippen LogP contribution in [0.1, 0.15) is 48.9 Å². The van der Waals surface area contributed by atoms with Crippen molar-refractivity contribution in [2.75, 3.05) is 11.9 Å². The van der Waals surface area contributed by atoms with Gasteiger partial charge in [0.2, 0.25) is 5.88 Å². The van der Waals surface area contributed by atoms with E-state index in [-0.39, 0.29) is 10.4 Å². The molecule has 3 aliphatic rings. The first-order chi connectivity index (χ1) is 13.8. The Morgan fingerprint density at radius 1 is 1.24 bits per heavy atom. The Balaban J connectivity index is 1.49. The number of ether oxygens (including phenoxy) is 1. The van der Waals surface area contributed by atoms with Crippen LogP contribution in [0.4, 0.5) is 10.5 Å². The lowest BCUT2D eigenvalue weighted by Gasteiger charge is -2.15. The molecule has 0 saturated carbocycles. The van der Waals surface area contributed by atoms with Crippen LogP contribution in [0.15, 0.2) is 21.5 Å². The molecule has 0 radical (unpaired) electrons. The minimum Gasteiger partial charge on any atom is -0.474 e. The summed E-state index contributed by atoms with van der Waals surface area (Å²) in [6.07, 6.45) is 7.50. The van der Waals surface area contributed by atoms with E-state index >= 15 is 0 Å². The number of rotatable bonds is 2. The Hall–Kier alpha value is -2.39. The van der Waals surface area contributed by atoms with E-state index in [9.17, 15) is 9.00 Å². The molecule has 5 rings (SSSR count). The second-order valence-electron chi connectivity index (χ2n) is 8.65. The third-order valence-electron chi connectivity index (χ3n) is 6.07. The van der Waals surface area contributed by atoms with Gasteiger partial charge in [0, 0.05) is 5.69 Å². The SMILES string of the molecule is CC1(C)COc2c([S@@](N)(=O)=NC(=O)Nc3c4c(cc5c3CCC5)CCC4)cnn21. The van der Waals surface area contributed by atoms with Gasteiger partial charge in [-0.1, -0.05) is 6.07 Å². The Bertz CT molecular complexity index is 1130. The minimum absolute atomic E-state index is 0.154. The number of benzene rings is 1. The number of amides is 2. The maximum atomic E-state index is 13.1. The molecule has 2 aliphatic carbocycles. The van der Waals surface area contributed by atoms with E-state index < -0.39 is 15.9 Å². The van der Waals surface area contributed by atoms with Gasteiger partial charge in [0.25, 0.3) is 0 Å². The number of hydrogen-bond donors (Lipinski definition) is 2. The Morgan fingerprint density at radius 3 is 2.55 bits per heavy atom. The molecule has 2 amide bonds. The van der Waals surface area contributed by atoms with Crippen molar-refractivity contribution in [3.05, 3.63) is 34.5 Å². The molecule has 1 atom stereocenters. The molecule has 154 valence electrons. The fraction of sp³-hybridized carbons (Fsp3) is 0.500. The molecule has 0 fully saturated rings. The third-order valence-corrected chi connectivity index (χ3v) is 7.41. The highest BCUT2D eigenvalue weighted by molar-refractivity contribution is 7.91. The van der Waals surface area contributed by atoms with E-state index in [2.05, 4.69) is 20.8 Å². The maximum Gasteiger partial charge on any atom is 0.354 e. The van der Waals surface area contributed by atoms with Gasteiger partial charge in [-0.25, -0.2) is 18.8 Å². The molecule has 0 bridgehead atoms. The van der Waals surface area contributed by atoms with Crippen LogP contribution in [-0.2, 0) is 41.1 Å². The number of anilines is 1. The van der Waals surface area contributed by atoms with Crippen molar-refractivity contribution in [1.82, 2.24) is 9.78 Å². The second kappa shape index (κ2) is 6.30. The smallest absolute Gasteiger partial charge is 0.354 e. The summed E-state index contributed by atoms with van der Waals surface area (Å²) in [7, 11) is -3.49. The molecular weight excluding hydrogens is 390 g/mol. The van der Waals surface area contributed by atoms with Gasteiger partial charge >= 0.3 is 6.03 Å². The van der Waals surface area contributed by atoms with E-state index in [4.69, 9.17) is 9.88 Å². The van der Waals surface area contributed by atoms with Crippen LogP contribution >= 0.6 is 0 Å². The van der Waals surface area contributed by atoms with E-state index in [1.54, 1.807) is 4.68 Å². The average Bonchev–Trinajstić information content (AvgIpc) is 3.39. The van der Waals surface area contributed by atoms with E-state index in [0.717, 1.165) is 44.2 Å². The summed E-state index contributed by atoms with van der Waals surface area (Å²) in [5, 5.41) is 13.1. The Morgan fingerprint density at radius 2 is 1.90 bits per heavy atom. The molecule has 1 aromatic heterocycles. The number of fused-ring (bicyclic) bond motifs is 3. The molecule has 29 heavy (non-hydrogen) atoms. The molecule has 1 aromatic carbocycles. The molecule has 2 aromatic rings. The van der Waals surface area contributed by atoms with E-state index in [1.165, 1.54) is 28.5 Å². The first-order valence-corrected chi connectivity index (χ1v) is 11.6. The largest absolute Gasteiger partial charge is 0.474 e. The Kier molecular flexibility index (Phi) is 4.05. The number of hydrogen-bond acceptors (Lipinski definition) is 4. The van der Waals surface area contributed by atoms with E-state index in [1.807, 2.05) is 13.8 Å². The lowest BCUT2D eigenvalue weighted by molar-refractivity contribution is 0.259. The van der Waals surface area contributed by atoms with Gasteiger partial charge in [-0.15, -0.1) is 4.36 Å². The van der Waals surface area contributed by atoms with Crippen LogP contribution in [0.5, 0.6) is 5.88 Å². The van der Waals surface area contributed by atoms with E-state index in [0.29, 0.717) is 12.5 Å². The number of nitrogens with two attached hydrogens (primary N) is 1. The summed E-state index contributed by atoms with van der Waals surface area (Å²) < 4.78 is 24.2. The molecule has 9 heteroatoms. The first kappa shape index (κ1) is 18.6. The summed E-state index contributed by atoms with van der Waals surface area (Å²) in [5.41, 5.74) is 5.48. The van der Waals surface area contributed by atoms with Crippen molar-refractivity contribution in [2.24, 2.45) is 9.50 Å². The van der Waals surface area contributed by atoms with Crippen molar-refractivity contribution in [3.63, 3.8) is 0 Å². The fourth-order valence-electron chi connectivity index (χ4n) is 4.66. The number of aromatic nitrogens is 2. The highest BCUT2D eigenvalue weighted by Gasteiger charge is 2.36. The predicted molar refractivity (Wildman–Crippen MR) is 110 cm³/mol. The van der Waals surface area contributed by atoms with Gasteiger partial charge in [-0.2, -0.15) is 5.10 Å². The standard InChI is InChI=1S/C20H25N5O3S/c1-20(2)11-28-18-16(10-22-25(18)20)29(21,27)24-19(26)23-17-14-7-3-5-12(14)9-13-6-4-8-15(13)17/h9-10H,3-8,11H2,1-2H3,(H3,21,23,24,26,27)/t29-/m0/s1. The van der Waals surface area contributed by atoms with Crippen molar-refractivity contribution >= 4 is 21.6 Å². The lowest BCUT2D eigenvalue weighted by Crippen LogP contribution is -2.26. The minimum atomic E-state index is -3.49. The van der Waals surface area contributed by atoms with Gasteiger partial charge in [-0.05, 0) is 74.6 Å². The monoisotopic (exact) mass is 415 g/mol. The zero-order valence-corrected chi connectivity index (χ0v) is 17.5. The number of aryl methyl sites for hydroxylation is 2. The highest BCUT2D eigenvalue weighted by Crippen LogP contribution is 2.39. The van der Waals surface area contributed by atoms with Crippen molar-refractivity contribution in [1.29, 1.82) is 0 Å². The van der Waals surface area contributed by atoms with Crippen molar-refractivity contribution < 1.29 is 13.7 Å². The number of nitrogens with zero attached hydrogens (tertiary/aromatic N) is 3. The van der Waals surface area contributed by atoms with Gasteiger partial charge in [-0.3, -0.25) is 0 Å². The number of carbonyl (C=O) groups is 1. The van der Waals surface area contributed by atoms with Crippen LogP contribution in [0, 0.1) is 0 Å². The van der Waals surface area contributed by atoms with Gasteiger partial charge in [0.05, 0.1) is 11.7 Å². The topological polar surface area (TPSA) is 112 Å². The molecule has 0 unspecified atom stereocenters. The predicted octanol–water partition coefficient (Wildman–Crippen LogP) is 2.92. The number of nitrogens with one attached hydrogen (secondary N) is 1. The highest BCUT2D eigenvalue weighted by atomic mass is 32.2. The number of carbonyl (C=O) groups excluding carboxylic acids is 1. The first-order valence-electron chi connectivity index (χ1n) is 10.00. The maximum absolute atomic E-state index is 13.1. The summed E-state index contributed by atoms with van der Waals surface area (Å²) in [4.78, 5) is 12.9. The average molecular weight is 416 g/mol. The molecule has 0 saturated heterocycles. The zero-order chi connectivity index (χ0) is 20.4. The third kappa shape index (κ3) is 2.95. The quantitative estimate of drug-likeness (QED) is 0.785. The van der Waals surface area contributed by atoms with Crippen LogP contribution in [0.3, 0.4) is 0 Å². The lowest BCUT2D eigenvalue weighted by atomic mass is 9.99. The van der Waals surface area contributed by atoms with Gasteiger partial charge in [0.15, 0.2) is 9.92 Å². The van der Waals surface area contributed by atoms with Gasteiger partial charge in [0.1, 0.15) is 11.5 Å². The summed E-state index contributed by atoms with van der Waals surface area (Å²) >= 11 is 0. The second-order valence-corrected chi connectivity index (χ2v) is 10.4. The molecule has 1 aliphatic heterocycles. The van der Waals surface area contributed by atoms with Crippen molar-refractivity contribution in [2.45, 2.75) is 62.8 Å². The summed E-state index contributed by atoms with van der Waals surface area (Å²) in [6, 6.07) is 1.60. The van der Waals surface area contributed by atoms with Crippen LogP contribution in [-0.4, -0.2) is 26.6 Å². The number of urea groups is 1. The van der Waals surface area contributed by atoms with Gasteiger partial charge < -0.3 is 10.1 Å².